The van der Waals surface area contributed by atoms with Gasteiger partial charge in [0.15, 0.2) is 0 Å². The Kier molecular flexibility index (Phi) is 4.79. The van der Waals surface area contributed by atoms with E-state index in [0.29, 0.717) is 18.0 Å². The Hall–Kier alpha value is -0.860. The summed E-state index contributed by atoms with van der Waals surface area (Å²) < 4.78 is 0. The zero-order valence-electron chi connectivity index (χ0n) is 11.7. The first-order valence-electron chi connectivity index (χ1n) is 7.24. The van der Waals surface area contributed by atoms with Crippen molar-refractivity contribution in [2.24, 2.45) is 11.7 Å². The number of nitrogens with zero attached hydrogens (tertiary/aromatic N) is 1. The Morgan fingerprint density at radius 3 is 2.67 bits per heavy atom. The summed E-state index contributed by atoms with van der Waals surface area (Å²) in [5.74, 6) is 0.676. The van der Waals surface area contributed by atoms with E-state index in [-0.39, 0.29) is 0 Å². The van der Waals surface area contributed by atoms with Gasteiger partial charge in [-0.25, -0.2) is 0 Å². The molecule has 2 nitrogen and oxygen atoms in total. The Bertz CT molecular complexity index is 349. The van der Waals surface area contributed by atoms with Crippen molar-refractivity contribution in [2.45, 2.75) is 45.2 Å². The lowest BCUT2D eigenvalue weighted by molar-refractivity contribution is 0.117. The molecule has 0 aromatic heterocycles. The van der Waals surface area contributed by atoms with E-state index in [4.69, 9.17) is 5.73 Å². The molecule has 0 spiro atoms. The Labute approximate surface area is 111 Å². The minimum Gasteiger partial charge on any atom is -0.326 e. The lowest BCUT2D eigenvalue weighted by Crippen LogP contribution is -2.51. The SMILES string of the molecule is CCC(Cc1ccccc1)N1CCC(C)C(N)C1. The van der Waals surface area contributed by atoms with Crippen LogP contribution in [0.25, 0.3) is 0 Å². The first-order chi connectivity index (χ1) is 8.70. The van der Waals surface area contributed by atoms with Crippen LogP contribution in [0.15, 0.2) is 30.3 Å². The zero-order valence-corrected chi connectivity index (χ0v) is 11.7. The van der Waals surface area contributed by atoms with E-state index in [1.165, 1.54) is 24.9 Å². The van der Waals surface area contributed by atoms with Crippen molar-refractivity contribution >= 4 is 0 Å². The van der Waals surface area contributed by atoms with Crippen molar-refractivity contribution in [1.82, 2.24) is 4.90 Å². The van der Waals surface area contributed by atoms with Crippen LogP contribution in [0, 0.1) is 5.92 Å². The van der Waals surface area contributed by atoms with Gasteiger partial charge in [0.25, 0.3) is 0 Å². The van der Waals surface area contributed by atoms with Crippen LogP contribution in [0.1, 0.15) is 32.3 Å². The highest BCUT2D eigenvalue weighted by molar-refractivity contribution is 5.16. The van der Waals surface area contributed by atoms with Crippen molar-refractivity contribution < 1.29 is 0 Å². The van der Waals surface area contributed by atoms with Crippen molar-refractivity contribution in [3.63, 3.8) is 0 Å². The molecule has 0 radical (unpaired) electrons. The van der Waals surface area contributed by atoms with E-state index in [9.17, 15) is 0 Å². The molecule has 0 saturated carbocycles. The molecule has 1 aromatic rings. The molecule has 3 atom stereocenters. The van der Waals surface area contributed by atoms with Gasteiger partial charge in [0.1, 0.15) is 0 Å². The molecule has 3 unspecified atom stereocenters. The number of nitrogens with two attached hydrogens (primary N) is 1. The molecule has 0 bridgehead atoms. The van der Waals surface area contributed by atoms with Gasteiger partial charge in [0.05, 0.1) is 0 Å². The van der Waals surface area contributed by atoms with Crippen LogP contribution in [0.5, 0.6) is 0 Å². The van der Waals surface area contributed by atoms with Gasteiger partial charge >= 0.3 is 0 Å². The highest BCUT2D eigenvalue weighted by Crippen LogP contribution is 2.20. The first-order valence-corrected chi connectivity index (χ1v) is 7.24. The van der Waals surface area contributed by atoms with Crippen LogP contribution in [0.3, 0.4) is 0 Å². The standard InChI is InChI=1S/C16H26N2/c1-3-15(11-14-7-5-4-6-8-14)18-10-9-13(2)16(17)12-18/h4-8,13,15-16H,3,9-12,17H2,1-2H3. The molecule has 2 heteroatoms. The van der Waals surface area contributed by atoms with Crippen molar-refractivity contribution in [1.29, 1.82) is 0 Å². The molecule has 1 aromatic carbocycles. The smallest absolute Gasteiger partial charge is 0.0194 e. The topological polar surface area (TPSA) is 29.3 Å². The van der Waals surface area contributed by atoms with Crippen molar-refractivity contribution in [3.05, 3.63) is 35.9 Å². The molecule has 0 amide bonds. The molecule has 100 valence electrons. The van der Waals surface area contributed by atoms with E-state index >= 15 is 0 Å². The van der Waals surface area contributed by atoms with Gasteiger partial charge in [-0.05, 0) is 37.3 Å². The van der Waals surface area contributed by atoms with E-state index < -0.39 is 0 Å². The van der Waals surface area contributed by atoms with Gasteiger partial charge in [0, 0.05) is 18.6 Å². The van der Waals surface area contributed by atoms with Gasteiger partial charge in [-0.1, -0.05) is 44.2 Å². The average Bonchev–Trinajstić information content (AvgIpc) is 2.40. The van der Waals surface area contributed by atoms with Crippen molar-refractivity contribution in [3.8, 4) is 0 Å². The third-order valence-electron chi connectivity index (χ3n) is 4.35. The van der Waals surface area contributed by atoms with E-state index in [2.05, 4.69) is 49.1 Å². The number of benzene rings is 1. The number of rotatable bonds is 4. The first kappa shape index (κ1) is 13.6. The van der Waals surface area contributed by atoms with Crippen LogP contribution >= 0.6 is 0 Å². The fourth-order valence-corrected chi connectivity index (χ4v) is 2.88. The molecule has 2 N–H and O–H groups in total. The molecule has 1 aliphatic heterocycles. The van der Waals surface area contributed by atoms with Crippen LogP contribution in [0.4, 0.5) is 0 Å². The van der Waals surface area contributed by atoms with E-state index in [0.717, 1.165) is 13.0 Å². The lowest BCUT2D eigenvalue weighted by Gasteiger charge is -2.39. The third kappa shape index (κ3) is 3.33. The Morgan fingerprint density at radius 2 is 2.06 bits per heavy atom. The molecule has 2 rings (SSSR count). The van der Waals surface area contributed by atoms with Gasteiger partial charge < -0.3 is 5.73 Å². The molecule has 1 aliphatic rings. The minimum absolute atomic E-state index is 0.351. The summed E-state index contributed by atoms with van der Waals surface area (Å²) in [6.07, 6.45) is 3.60. The Morgan fingerprint density at radius 1 is 1.33 bits per heavy atom. The summed E-state index contributed by atoms with van der Waals surface area (Å²) in [5, 5.41) is 0. The van der Waals surface area contributed by atoms with E-state index in [1.807, 2.05) is 0 Å². The van der Waals surface area contributed by atoms with Crippen LogP contribution in [-0.4, -0.2) is 30.1 Å². The molecule has 1 saturated heterocycles. The molecular formula is C16H26N2. The fourth-order valence-electron chi connectivity index (χ4n) is 2.88. The summed E-state index contributed by atoms with van der Waals surface area (Å²) in [4.78, 5) is 2.59. The largest absolute Gasteiger partial charge is 0.326 e. The monoisotopic (exact) mass is 246 g/mol. The second-order valence-electron chi connectivity index (χ2n) is 5.68. The van der Waals surface area contributed by atoms with Gasteiger partial charge in [-0.3, -0.25) is 4.90 Å². The average molecular weight is 246 g/mol. The number of piperidine rings is 1. The maximum absolute atomic E-state index is 6.21. The summed E-state index contributed by atoms with van der Waals surface area (Å²) >= 11 is 0. The minimum atomic E-state index is 0.351. The lowest BCUT2D eigenvalue weighted by atomic mass is 9.91. The second kappa shape index (κ2) is 6.35. The second-order valence-corrected chi connectivity index (χ2v) is 5.68. The van der Waals surface area contributed by atoms with E-state index in [1.54, 1.807) is 0 Å². The molecule has 1 fully saturated rings. The summed E-state index contributed by atoms with van der Waals surface area (Å²) in [7, 11) is 0. The number of hydrogen-bond acceptors (Lipinski definition) is 2. The van der Waals surface area contributed by atoms with Gasteiger partial charge in [0.2, 0.25) is 0 Å². The Balaban J connectivity index is 1.97. The summed E-state index contributed by atoms with van der Waals surface area (Å²) in [6.45, 7) is 6.84. The predicted octanol–water partition coefficient (Wildman–Crippen LogP) is 2.68. The normalized spacial score (nSPS) is 27.1. The van der Waals surface area contributed by atoms with Gasteiger partial charge in [-0.15, -0.1) is 0 Å². The van der Waals surface area contributed by atoms with Crippen LogP contribution in [0.2, 0.25) is 0 Å². The summed E-state index contributed by atoms with van der Waals surface area (Å²) in [5.41, 5.74) is 7.65. The summed E-state index contributed by atoms with van der Waals surface area (Å²) in [6, 6.07) is 11.8. The highest BCUT2D eigenvalue weighted by Gasteiger charge is 2.27. The third-order valence-corrected chi connectivity index (χ3v) is 4.35. The fraction of sp³-hybridized carbons (Fsp3) is 0.625. The van der Waals surface area contributed by atoms with Crippen molar-refractivity contribution in [2.75, 3.05) is 13.1 Å². The quantitative estimate of drug-likeness (QED) is 0.885. The highest BCUT2D eigenvalue weighted by atomic mass is 15.2. The molecule has 0 aliphatic carbocycles. The zero-order chi connectivity index (χ0) is 13.0. The number of hydrogen-bond donors (Lipinski definition) is 1. The number of likely N-dealkylation sites (tertiary alicyclic amines) is 1. The maximum Gasteiger partial charge on any atom is 0.0194 e. The maximum atomic E-state index is 6.21. The predicted molar refractivity (Wildman–Crippen MR) is 77.6 cm³/mol. The van der Waals surface area contributed by atoms with Crippen LogP contribution < -0.4 is 5.73 Å². The molecule has 1 heterocycles. The van der Waals surface area contributed by atoms with Gasteiger partial charge in [-0.2, -0.15) is 0 Å². The molecular weight excluding hydrogens is 220 g/mol. The van der Waals surface area contributed by atoms with Crippen LogP contribution in [-0.2, 0) is 6.42 Å². The molecule has 18 heavy (non-hydrogen) atoms.